The van der Waals surface area contributed by atoms with Crippen LogP contribution in [0.3, 0.4) is 0 Å². The van der Waals surface area contributed by atoms with Crippen LogP contribution in [0, 0.1) is 5.92 Å². The Morgan fingerprint density at radius 2 is 1.74 bits per heavy atom. The van der Waals surface area contributed by atoms with Gasteiger partial charge >= 0.3 is 12.4 Å². The molecule has 2 heterocycles. The number of anilines is 2. The van der Waals surface area contributed by atoms with E-state index in [-0.39, 0.29) is 35.0 Å². The number of hydrogen-bond donors (Lipinski definition) is 2. The number of hydrogen-bond acceptors (Lipinski definition) is 5. The highest BCUT2D eigenvalue weighted by molar-refractivity contribution is 7.14. The molecule has 2 aromatic carbocycles. The van der Waals surface area contributed by atoms with Gasteiger partial charge in [0.15, 0.2) is 5.69 Å². The van der Waals surface area contributed by atoms with Gasteiger partial charge in [-0.3, -0.25) is 14.4 Å². The van der Waals surface area contributed by atoms with Crippen LogP contribution in [0.4, 0.5) is 37.7 Å². The summed E-state index contributed by atoms with van der Waals surface area (Å²) in [6, 6.07) is 8.61. The van der Waals surface area contributed by atoms with Gasteiger partial charge in [-0.25, -0.2) is 4.98 Å². The summed E-state index contributed by atoms with van der Waals surface area (Å²) in [7, 11) is 0. The molecule has 1 aliphatic heterocycles. The van der Waals surface area contributed by atoms with Crippen molar-refractivity contribution >= 4 is 40.4 Å². The summed E-state index contributed by atoms with van der Waals surface area (Å²) >= 11 is 0.473. The first kappa shape index (κ1) is 31.0. The molecule has 1 aromatic heterocycles. The number of halogens is 6. The Morgan fingerprint density at radius 1 is 1.05 bits per heavy atom. The average molecular weight is 613 g/mol. The van der Waals surface area contributed by atoms with Gasteiger partial charge in [-0.05, 0) is 35.9 Å². The Hall–Kier alpha value is -3.94. The molecule has 2 N–H and O–H groups in total. The van der Waals surface area contributed by atoms with E-state index in [0.717, 1.165) is 12.1 Å². The highest BCUT2D eigenvalue weighted by Crippen LogP contribution is 2.39. The fourth-order valence-corrected chi connectivity index (χ4v) is 5.40. The van der Waals surface area contributed by atoms with Crippen molar-refractivity contribution in [2.45, 2.75) is 52.0 Å². The number of benzene rings is 2. The maximum absolute atomic E-state index is 13.7. The van der Waals surface area contributed by atoms with Gasteiger partial charge in [0.2, 0.25) is 5.91 Å². The van der Waals surface area contributed by atoms with E-state index in [2.05, 4.69) is 15.6 Å². The molecule has 3 aromatic rings. The SMILES string of the molecule is CC(C)C(=O)NCc1nc(C(F)(F)F)c(C(=O)Nc2ccc3c(c2)C(=O)N(c2cccc(C(F)(F)F)c2)CC3(C)C)s1. The van der Waals surface area contributed by atoms with Crippen LogP contribution in [0.1, 0.15) is 69.6 Å². The largest absolute Gasteiger partial charge is 0.435 e. The number of alkyl halides is 6. The average Bonchev–Trinajstić information content (AvgIpc) is 3.34. The fraction of sp³-hybridized carbons (Fsp3) is 0.357. The highest BCUT2D eigenvalue weighted by atomic mass is 32.1. The van der Waals surface area contributed by atoms with Gasteiger partial charge in [0, 0.05) is 34.8 Å². The molecule has 0 saturated carbocycles. The van der Waals surface area contributed by atoms with Crippen molar-refractivity contribution in [1.29, 1.82) is 0 Å². The fourth-order valence-electron chi connectivity index (χ4n) is 4.49. The molecule has 0 radical (unpaired) electrons. The zero-order chi connectivity index (χ0) is 31.2. The molecular formula is C28H26F6N4O3S. The van der Waals surface area contributed by atoms with Crippen LogP contribution in [0.15, 0.2) is 42.5 Å². The van der Waals surface area contributed by atoms with Crippen LogP contribution < -0.4 is 15.5 Å². The summed E-state index contributed by atoms with van der Waals surface area (Å²) < 4.78 is 81.1. The van der Waals surface area contributed by atoms with Crippen LogP contribution in [0.5, 0.6) is 0 Å². The van der Waals surface area contributed by atoms with E-state index in [1.165, 1.54) is 29.2 Å². The van der Waals surface area contributed by atoms with Gasteiger partial charge < -0.3 is 15.5 Å². The maximum Gasteiger partial charge on any atom is 0.435 e. The third kappa shape index (κ3) is 6.42. The predicted molar refractivity (Wildman–Crippen MR) is 144 cm³/mol. The molecule has 14 heteroatoms. The minimum absolute atomic E-state index is 0.00461. The number of nitrogens with zero attached hydrogens (tertiary/aromatic N) is 2. The third-order valence-corrected chi connectivity index (χ3v) is 7.66. The number of rotatable bonds is 6. The summed E-state index contributed by atoms with van der Waals surface area (Å²) in [5, 5.41) is 4.71. The second kappa shape index (κ2) is 11.0. The topological polar surface area (TPSA) is 91.4 Å². The van der Waals surface area contributed by atoms with Crippen molar-refractivity contribution in [2.24, 2.45) is 5.92 Å². The molecule has 0 fully saturated rings. The van der Waals surface area contributed by atoms with Crippen molar-refractivity contribution in [3.8, 4) is 0 Å². The number of nitrogens with one attached hydrogen (secondary N) is 2. The Kier molecular flexibility index (Phi) is 8.15. The second-order valence-electron chi connectivity index (χ2n) is 10.7. The number of fused-ring (bicyclic) bond motifs is 1. The van der Waals surface area contributed by atoms with E-state index in [1.807, 2.05) is 0 Å². The number of aromatic nitrogens is 1. The number of carbonyl (C=O) groups is 3. The first-order valence-electron chi connectivity index (χ1n) is 12.7. The first-order chi connectivity index (χ1) is 19.4. The van der Waals surface area contributed by atoms with Crippen molar-refractivity contribution < 1.29 is 40.7 Å². The summed E-state index contributed by atoms with van der Waals surface area (Å²) in [6.45, 7) is 6.58. The third-order valence-electron chi connectivity index (χ3n) is 6.61. The van der Waals surface area contributed by atoms with E-state index in [1.54, 1.807) is 33.8 Å². The van der Waals surface area contributed by atoms with E-state index in [4.69, 9.17) is 0 Å². The molecule has 0 aliphatic carbocycles. The predicted octanol–water partition coefficient (Wildman–Crippen LogP) is 6.64. The molecule has 0 atom stereocenters. The Labute approximate surface area is 240 Å². The highest BCUT2D eigenvalue weighted by Gasteiger charge is 2.41. The van der Waals surface area contributed by atoms with Crippen LogP contribution in [0.25, 0.3) is 0 Å². The van der Waals surface area contributed by atoms with E-state index in [0.29, 0.717) is 16.9 Å². The van der Waals surface area contributed by atoms with Crippen LogP contribution in [-0.4, -0.2) is 29.3 Å². The lowest BCUT2D eigenvalue weighted by Crippen LogP contribution is -2.47. The second-order valence-corrected chi connectivity index (χ2v) is 11.8. The van der Waals surface area contributed by atoms with Crippen molar-refractivity contribution in [2.75, 3.05) is 16.8 Å². The van der Waals surface area contributed by atoms with Crippen LogP contribution >= 0.6 is 11.3 Å². The molecule has 224 valence electrons. The monoisotopic (exact) mass is 612 g/mol. The lowest BCUT2D eigenvalue weighted by molar-refractivity contribution is -0.141. The molecular weight excluding hydrogens is 586 g/mol. The van der Waals surface area contributed by atoms with Gasteiger partial charge in [-0.1, -0.05) is 39.8 Å². The molecule has 0 spiro atoms. The zero-order valence-electron chi connectivity index (χ0n) is 22.8. The normalized spacial score (nSPS) is 15.0. The summed E-state index contributed by atoms with van der Waals surface area (Å²) in [4.78, 5) is 42.3. The van der Waals surface area contributed by atoms with Crippen LogP contribution in [-0.2, 0) is 29.1 Å². The van der Waals surface area contributed by atoms with E-state index >= 15 is 0 Å². The van der Waals surface area contributed by atoms with Gasteiger partial charge in [0.05, 0.1) is 12.1 Å². The number of thiazole rings is 1. The molecule has 3 amide bonds. The molecule has 4 rings (SSSR count). The Balaban J connectivity index is 1.64. The van der Waals surface area contributed by atoms with Crippen molar-refractivity contribution in [3.63, 3.8) is 0 Å². The summed E-state index contributed by atoms with van der Waals surface area (Å²) in [5.74, 6) is -2.56. The van der Waals surface area contributed by atoms with Crippen molar-refractivity contribution in [3.05, 3.63) is 74.7 Å². The van der Waals surface area contributed by atoms with Crippen molar-refractivity contribution in [1.82, 2.24) is 10.3 Å². The molecule has 0 unspecified atom stereocenters. The quantitative estimate of drug-likeness (QED) is 0.305. The number of carbonyl (C=O) groups excluding carboxylic acids is 3. The van der Waals surface area contributed by atoms with Crippen LogP contribution in [0.2, 0.25) is 0 Å². The Morgan fingerprint density at radius 3 is 2.36 bits per heavy atom. The zero-order valence-corrected chi connectivity index (χ0v) is 23.6. The smallest absolute Gasteiger partial charge is 0.349 e. The molecule has 1 aliphatic rings. The van der Waals surface area contributed by atoms with E-state index < -0.39 is 57.5 Å². The first-order valence-corrected chi connectivity index (χ1v) is 13.5. The summed E-state index contributed by atoms with van der Waals surface area (Å²) in [5.41, 5.74) is -2.37. The van der Waals surface area contributed by atoms with E-state index in [9.17, 15) is 40.7 Å². The van der Waals surface area contributed by atoms with Gasteiger partial charge in [-0.15, -0.1) is 11.3 Å². The minimum Gasteiger partial charge on any atom is -0.349 e. The lowest BCUT2D eigenvalue weighted by atomic mass is 9.77. The standard InChI is InChI=1S/C28H26F6N4O3S/c1-14(2)23(39)35-12-20-37-22(28(32,33)34)21(42-20)24(40)36-16-8-9-19-18(11-16)25(41)38(13-26(19,3)4)17-7-5-6-15(10-17)27(29,30)31/h5-11,14H,12-13H2,1-4H3,(H,35,39)(H,36,40). The number of amides is 3. The molecule has 0 saturated heterocycles. The molecule has 0 bridgehead atoms. The lowest BCUT2D eigenvalue weighted by Gasteiger charge is -2.39. The van der Waals surface area contributed by atoms with Gasteiger partial charge in [-0.2, -0.15) is 26.3 Å². The Bertz CT molecular complexity index is 1550. The molecule has 42 heavy (non-hydrogen) atoms. The molecule has 7 nitrogen and oxygen atoms in total. The summed E-state index contributed by atoms with van der Waals surface area (Å²) in [6.07, 6.45) is -9.57. The van der Waals surface area contributed by atoms with Gasteiger partial charge in [0.1, 0.15) is 9.88 Å². The van der Waals surface area contributed by atoms with Gasteiger partial charge in [0.25, 0.3) is 11.8 Å². The maximum atomic E-state index is 13.7. The minimum atomic E-state index is -4.95.